The number of rotatable bonds is 1. The maximum atomic E-state index is 4.84. The summed E-state index contributed by atoms with van der Waals surface area (Å²) in [6.07, 6.45) is 4.96. The fraction of sp³-hybridized carbons (Fsp3) is 0.625. The molecule has 1 fully saturated rings. The molecule has 0 N–H and O–H groups in total. The zero-order valence-corrected chi connectivity index (χ0v) is 13.7. The van der Waals surface area contributed by atoms with Crippen molar-refractivity contribution in [3.63, 3.8) is 0 Å². The number of likely N-dealkylation sites (N-methyl/N-ethyl adjacent to an activating group) is 1. The molecule has 0 spiro atoms. The average molecular weight is 302 g/mol. The largest absolute Gasteiger partial charge is 0.355 e. The quantitative estimate of drug-likeness (QED) is 0.810. The molecule has 5 heteroatoms. The molecule has 21 heavy (non-hydrogen) atoms. The van der Waals surface area contributed by atoms with Crippen LogP contribution in [0.1, 0.15) is 29.1 Å². The molecule has 0 amide bonds. The van der Waals surface area contributed by atoms with Crippen molar-refractivity contribution in [1.29, 1.82) is 0 Å². The molecule has 0 radical (unpaired) electrons. The van der Waals surface area contributed by atoms with Crippen LogP contribution < -0.4 is 4.90 Å². The first-order valence-corrected chi connectivity index (χ1v) is 8.76. The highest BCUT2D eigenvalue weighted by Gasteiger charge is 2.25. The van der Waals surface area contributed by atoms with Crippen LogP contribution in [0, 0.1) is 6.92 Å². The molecule has 0 atom stereocenters. The van der Waals surface area contributed by atoms with E-state index in [2.05, 4.69) is 16.8 Å². The lowest BCUT2D eigenvalue weighted by molar-refractivity contribution is 0.360. The number of aryl methyl sites for hydroxylation is 3. The van der Waals surface area contributed by atoms with Crippen molar-refractivity contribution >= 4 is 27.4 Å². The molecule has 2 aromatic heterocycles. The Morgan fingerprint density at radius 3 is 2.81 bits per heavy atom. The molecule has 4 nitrogen and oxygen atoms in total. The summed E-state index contributed by atoms with van der Waals surface area (Å²) in [4.78, 5) is 17.2. The monoisotopic (exact) mass is 302 g/mol. The van der Waals surface area contributed by atoms with Crippen LogP contribution in [-0.4, -0.2) is 48.1 Å². The zero-order chi connectivity index (χ0) is 14.4. The Kier molecular flexibility index (Phi) is 3.34. The molecule has 3 heterocycles. The van der Waals surface area contributed by atoms with Gasteiger partial charge in [-0.3, -0.25) is 0 Å². The van der Waals surface area contributed by atoms with Gasteiger partial charge in [0.1, 0.15) is 16.5 Å². The van der Waals surface area contributed by atoms with Crippen molar-refractivity contribution < 1.29 is 0 Å². The van der Waals surface area contributed by atoms with Gasteiger partial charge in [0, 0.05) is 24.5 Å². The van der Waals surface area contributed by atoms with Crippen LogP contribution in [0.4, 0.5) is 5.82 Å². The van der Waals surface area contributed by atoms with Gasteiger partial charge in [-0.25, -0.2) is 9.97 Å². The molecular weight excluding hydrogens is 280 g/mol. The molecule has 2 aromatic rings. The molecule has 112 valence electrons. The number of nitrogens with zero attached hydrogens (tertiary/aromatic N) is 4. The van der Waals surface area contributed by atoms with Gasteiger partial charge in [0.2, 0.25) is 0 Å². The Morgan fingerprint density at radius 2 is 1.90 bits per heavy atom. The summed E-state index contributed by atoms with van der Waals surface area (Å²) in [5.41, 5.74) is 1.54. The van der Waals surface area contributed by atoms with E-state index in [4.69, 9.17) is 9.97 Å². The van der Waals surface area contributed by atoms with Crippen LogP contribution >= 0.6 is 11.3 Å². The average Bonchev–Trinajstić information content (AvgIpc) is 2.94. The molecule has 1 aliphatic carbocycles. The van der Waals surface area contributed by atoms with Crippen LogP contribution in [0.3, 0.4) is 0 Å². The van der Waals surface area contributed by atoms with Crippen LogP contribution in [0.5, 0.6) is 0 Å². The van der Waals surface area contributed by atoms with Gasteiger partial charge in [-0.05, 0) is 51.8 Å². The Morgan fingerprint density at radius 1 is 1.00 bits per heavy atom. The highest BCUT2D eigenvalue weighted by molar-refractivity contribution is 7.19. The first-order valence-electron chi connectivity index (χ1n) is 7.95. The maximum Gasteiger partial charge on any atom is 0.141 e. The third-order valence-corrected chi connectivity index (χ3v) is 5.86. The van der Waals surface area contributed by atoms with E-state index in [1.807, 2.05) is 18.3 Å². The summed E-state index contributed by atoms with van der Waals surface area (Å²) in [5, 5.41) is 1.36. The van der Waals surface area contributed by atoms with Gasteiger partial charge < -0.3 is 9.80 Å². The standard InChI is InChI=1S/C16H22N4S/c1-11-17-15(20-8-4-7-19(2)9-10-20)14-12-5-3-6-13(12)21-16(14)18-11/h3-10H2,1-2H3. The summed E-state index contributed by atoms with van der Waals surface area (Å²) in [6.45, 7) is 6.52. The fourth-order valence-electron chi connectivity index (χ4n) is 3.57. The van der Waals surface area contributed by atoms with Crippen LogP contribution in [-0.2, 0) is 12.8 Å². The molecule has 1 saturated heterocycles. The van der Waals surface area contributed by atoms with Gasteiger partial charge in [-0.1, -0.05) is 0 Å². The summed E-state index contributed by atoms with van der Waals surface area (Å²) in [6, 6.07) is 0. The van der Waals surface area contributed by atoms with Crippen molar-refractivity contribution in [1.82, 2.24) is 14.9 Å². The van der Waals surface area contributed by atoms with E-state index in [0.29, 0.717) is 0 Å². The summed E-state index contributed by atoms with van der Waals surface area (Å²) in [7, 11) is 2.21. The van der Waals surface area contributed by atoms with Gasteiger partial charge in [0.05, 0.1) is 5.39 Å². The summed E-state index contributed by atoms with van der Waals surface area (Å²) in [5.74, 6) is 2.11. The minimum Gasteiger partial charge on any atom is -0.355 e. The molecule has 1 aliphatic heterocycles. The molecule has 0 saturated carbocycles. The lowest BCUT2D eigenvalue weighted by Gasteiger charge is -2.23. The van der Waals surface area contributed by atoms with E-state index in [1.165, 1.54) is 48.3 Å². The number of hydrogen-bond donors (Lipinski definition) is 0. The van der Waals surface area contributed by atoms with Gasteiger partial charge in [0.15, 0.2) is 0 Å². The van der Waals surface area contributed by atoms with Gasteiger partial charge >= 0.3 is 0 Å². The number of aromatic nitrogens is 2. The smallest absolute Gasteiger partial charge is 0.141 e. The molecule has 0 aromatic carbocycles. The van der Waals surface area contributed by atoms with Crippen LogP contribution in [0.25, 0.3) is 10.2 Å². The predicted octanol–water partition coefficient (Wildman–Crippen LogP) is 2.63. The maximum absolute atomic E-state index is 4.84. The lowest BCUT2D eigenvalue weighted by Crippen LogP contribution is -2.29. The second-order valence-corrected chi connectivity index (χ2v) is 7.36. The van der Waals surface area contributed by atoms with Crippen LogP contribution in [0.15, 0.2) is 0 Å². The van der Waals surface area contributed by atoms with Crippen molar-refractivity contribution in [3.8, 4) is 0 Å². The van der Waals surface area contributed by atoms with E-state index < -0.39 is 0 Å². The van der Waals surface area contributed by atoms with E-state index in [1.54, 1.807) is 10.4 Å². The number of anilines is 1. The van der Waals surface area contributed by atoms with Gasteiger partial charge in [0.25, 0.3) is 0 Å². The Bertz CT molecular complexity index is 678. The highest BCUT2D eigenvalue weighted by Crippen LogP contribution is 2.40. The van der Waals surface area contributed by atoms with Crippen LogP contribution in [0.2, 0.25) is 0 Å². The number of thiophene rings is 1. The topological polar surface area (TPSA) is 32.3 Å². The molecule has 2 aliphatic rings. The fourth-order valence-corrected chi connectivity index (χ4v) is 4.87. The third kappa shape index (κ3) is 2.32. The lowest BCUT2D eigenvalue weighted by atomic mass is 10.1. The van der Waals surface area contributed by atoms with Gasteiger partial charge in [-0.2, -0.15) is 0 Å². The van der Waals surface area contributed by atoms with E-state index >= 15 is 0 Å². The molecular formula is C16H22N4S. The van der Waals surface area contributed by atoms with E-state index in [0.717, 1.165) is 25.5 Å². The van der Waals surface area contributed by atoms with Crippen molar-refractivity contribution in [2.24, 2.45) is 0 Å². The summed E-state index contributed by atoms with van der Waals surface area (Å²) < 4.78 is 0. The molecule has 0 unspecified atom stereocenters. The second kappa shape index (κ2) is 5.21. The second-order valence-electron chi connectivity index (χ2n) is 6.28. The van der Waals surface area contributed by atoms with Crippen molar-refractivity contribution in [2.75, 3.05) is 38.1 Å². The highest BCUT2D eigenvalue weighted by atomic mass is 32.1. The van der Waals surface area contributed by atoms with E-state index in [9.17, 15) is 0 Å². The number of fused-ring (bicyclic) bond motifs is 3. The normalized spacial score (nSPS) is 20.0. The molecule has 0 bridgehead atoms. The number of hydrogen-bond acceptors (Lipinski definition) is 5. The zero-order valence-electron chi connectivity index (χ0n) is 12.9. The van der Waals surface area contributed by atoms with Gasteiger partial charge in [-0.15, -0.1) is 11.3 Å². The van der Waals surface area contributed by atoms with Crippen molar-refractivity contribution in [2.45, 2.75) is 32.6 Å². The molecule has 4 rings (SSSR count). The predicted molar refractivity (Wildman–Crippen MR) is 88.5 cm³/mol. The summed E-state index contributed by atoms with van der Waals surface area (Å²) >= 11 is 1.90. The Labute approximate surface area is 129 Å². The third-order valence-electron chi connectivity index (χ3n) is 4.68. The minimum atomic E-state index is 0.912. The first-order chi connectivity index (χ1) is 10.2. The Balaban J connectivity index is 1.83. The SMILES string of the molecule is Cc1nc(N2CCCN(C)CC2)c2c3c(sc2n1)CCC3. The Hall–Kier alpha value is -1.20. The first kappa shape index (κ1) is 13.5. The van der Waals surface area contributed by atoms with E-state index in [-0.39, 0.29) is 0 Å². The minimum absolute atomic E-state index is 0.912. The van der Waals surface area contributed by atoms with Crippen molar-refractivity contribution in [3.05, 3.63) is 16.3 Å².